The van der Waals surface area contributed by atoms with Gasteiger partial charge in [-0.25, -0.2) is 0 Å². The van der Waals surface area contributed by atoms with Crippen LogP contribution in [-0.2, 0) is 4.79 Å². The van der Waals surface area contributed by atoms with Crippen molar-refractivity contribution in [2.75, 3.05) is 0 Å². The van der Waals surface area contributed by atoms with E-state index < -0.39 is 0 Å². The highest BCUT2D eigenvalue weighted by atomic mass is 16.1. The third kappa shape index (κ3) is 1.18. The van der Waals surface area contributed by atoms with Crippen LogP contribution in [0, 0.1) is 23.2 Å². The van der Waals surface area contributed by atoms with Crippen LogP contribution in [0.15, 0.2) is 0 Å². The lowest BCUT2D eigenvalue weighted by Crippen LogP contribution is -2.26. The van der Waals surface area contributed by atoms with Crippen LogP contribution in [0.2, 0.25) is 0 Å². The Morgan fingerprint density at radius 1 is 1.70 bits per heavy atom. The summed E-state index contributed by atoms with van der Waals surface area (Å²) < 4.78 is 0. The van der Waals surface area contributed by atoms with Gasteiger partial charge in [-0.1, -0.05) is 6.42 Å². The molecule has 2 heteroatoms. The minimum atomic E-state index is -0.384. The van der Waals surface area contributed by atoms with Crippen molar-refractivity contribution in [1.29, 1.82) is 5.26 Å². The lowest BCUT2D eigenvalue weighted by molar-refractivity contribution is -0.127. The second kappa shape index (κ2) is 2.83. The van der Waals surface area contributed by atoms with Crippen molar-refractivity contribution < 1.29 is 4.79 Å². The number of carbonyl (C=O) groups is 1. The molecule has 0 heterocycles. The first-order valence-electron chi connectivity index (χ1n) is 3.69. The fourth-order valence-electron chi connectivity index (χ4n) is 1.11. The first kappa shape index (κ1) is 7.27. The van der Waals surface area contributed by atoms with Crippen molar-refractivity contribution >= 4 is 5.78 Å². The van der Waals surface area contributed by atoms with Crippen molar-refractivity contribution in [3.8, 4) is 6.07 Å². The predicted molar refractivity (Wildman–Crippen MR) is 37.1 cm³/mol. The summed E-state index contributed by atoms with van der Waals surface area (Å²) in [6, 6.07) is 1.96. The van der Waals surface area contributed by atoms with Crippen LogP contribution in [0.3, 0.4) is 0 Å². The fraction of sp³-hybridized carbons (Fsp3) is 0.750. The molecule has 0 amide bonds. The number of hydrogen-bond donors (Lipinski definition) is 0. The summed E-state index contributed by atoms with van der Waals surface area (Å²) in [6.45, 7) is 1.68. The quantitative estimate of drug-likeness (QED) is 0.579. The van der Waals surface area contributed by atoms with E-state index in [1.54, 1.807) is 6.92 Å². The molecule has 1 rings (SSSR count). The molecule has 1 aliphatic rings. The number of nitriles is 1. The summed E-state index contributed by atoms with van der Waals surface area (Å²) in [7, 11) is 0. The van der Waals surface area contributed by atoms with Crippen LogP contribution in [0.1, 0.15) is 26.2 Å². The van der Waals surface area contributed by atoms with Gasteiger partial charge in [0.05, 0.1) is 6.07 Å². The monoisotopic (exact) mass is 137 g/mol. The molecule has 0 N–H and O–H groups in total. The summed E-state index contributed by atoms with van der Waals surface area (Å²) in [6.07, 6.45) is 3.17. The molecule has 2 nitrogen and oxygen atoms in total. The van der Waals surface area contributed by atoms with E-state index in [2.05, 4.69) is 0 Å². The zero-order valence-electron chi connectivity index (χ0n) is 6.13. The molecule has 0 aromatic carbocycles. The Balaban J connectivity index is 2.41. The highest BCUT2D eigenvalue weighted by molar-refractivity contribution is 5.85. The Bertz CT molecular complexity index is 176. The van der Waals surface area contributed by atoms with Gasteiger partial charge in [-0.3, -0.25) is 4.79 Å². The average Bonchev–Trinajstić information content (AvgIpc) is 1.82. The van der Waals surface area contributed by atoms with Crippen LogP contribution >= 0.6 is 0 Å². The highest BCUT2D eigenvalue weighted by Gasteiger charge is 2.28. The topological polar surface area (TPSA) is 40.9 Å². The van der Waals surface area contributed by atoms with Gasteiger partial charge in [-0.05, 0) is 19.8 Å². The van der Waals surface area contributed by atoms with E-state index in [1.807, 2.05) is 6.07 Å². The van der Waals surface area contributed by atoms with Gasteiger partial charge in [0.2, 0.25) is 0 Å². The standard InChI is InChI=1S/C8H11NO/c1-6(5-9)8(10)7-3-2-4-7/h6-7H,2-4H2,1H3. The molecule has 0 aromatic rings. The minimum absolute atomic E-state index is 0.147. The van der Waals surface area contributed by atoms with Gasteiger partial charge in [0.25, 0.3) is 0 Å². The third-order valence-corrected chi connectivity index (χ3v) is 2.13. The fourth-order valence-corrected chi connectivity index (χ4v) is 1.11. The van der Waals surface area contributed by atoms with E-state index in [1.165, 1.54) is 0 Å². The minimum Gasteiger partial charge on any atom is -0.298 e. The number of ketones is 1. The summed E-state index contributed by atoms with van der Waals surface area (Å²) in [5.41, 5.74) is 0. The second-order valence-electron chi connectivity index (χ2n) is 2.88. The van der Waals surface area contributed by atoms with Gasteiger partial charge in [0, 0.05) is 5.92 Å². The molecule has 10 heavy (non-hydrogen) atoms. The molecule has 0 bridgehead atoms. The summed E-state index contributed by atoms with van der Waals surface area (Å²) in [4.78, 5) is 11.1. The molecule has 0 spiro atoms. The van der Waals surface area contributed by atoms with Crippen molar-refractivity contribution in [3.63, 3.8) is 0 Å². The number of rotatable bonds is 2. The zero-order chi connectivity index (χ0) is 7.56. The zero-order valence-corrected chi connectivity index (χ0v) is 6.13. The van der Waals surface area contributed by atoms with Gasteiger partial charge in [-0.2, -0.15) is 5.26 Å². The Kier molecular flexibility index (Phi) is 2.06. The molecule has 0 radical (unpaired) electrons. The molecule has 1 unspecified atom stereocenters. The lowest BCUT2D eigenvalue weighted by Gasteiger charge is -2.24. The largest absolute Gasteiger partial charge is 0.298 e. The van der Waals surface area contributed by atoms with Crippen molar-refractivity contribution in [1.82, 2.24) is 0 Å². The Hall–Kier alpha value is -0.840. The van der Waals surface area contributed by atoms with Crippen molar-refractivity contribution in [2.24, 2.45) is 11.8 Å². The van der Waals surface area contributed by atoms with Gasteiger partial charge >= 0.3 is 0 Å². The maximum Gasteiger partial charge on any atom is 0.152 e. The number of Topliss-reactive ketones (excluding diaryl/α,β-unsaturated/α-hetero) is 1. The number of carbonyl (C=O) groups excluding carboxylic acids is 1. The van der Waals surface area contributed by atoms with E-state index >= 15 is 0 Å². The van der Waals surface area contributed by atoms with E-state index in [4.69, 9.17) is 5.26 Å². The summed E-state index contributed by atoms with van der Waals surface area (Å²) in [5.74, 6) is -0.0197. The molecule has 0 aromatic heterocycles. The smallest absolute Gasteiger partial charge is 0.152 e. The second-order valence-corrected chi connectivity index (χ2v) is 2.88. The Morgan fingerprint density at radius 2 is 2.30 bits per heavy atom. The molecule has 0 saturated heterocycles. The number of nitrogens with zero attached hydrogens (tertiary/aromatic N) is 1. The van der Waals surface area contributed by atoms with Crippen molar-refractivity contribution in [2.45, 2.75) is 26.2 Å². The van der Waals surface area contributed by atoms with Gasteiger partial charge in [0.15, 0.2) is 5.78 Å². The molecular weight excluding hydrogens is 126 g/mol. The van der Waals surface area contributed by atoms with E-state index in [0.29, 0.717) is 0 Å². The highest BCUT2D eigenvalue weighted by Crippen LogP contribution is 2.29. The van der Waals surface area contributed by atoms with Crippen LogP contribution < -0.4 is 0 Å². The van der Waals surface area contributed by atoms with E-state index in [-0.39, 0.29) is 17.6 Å². The normalized spacial score (nSPS) is 20.8. The van der Waals surface area contributed by atoms with Crippen LogP contribution in [0.5, 0.6) is 0 Å². The summed E-state index contributed by atoms with van der Waals surface area (Å²) in [5, 5.41) is 8.40. The molecule has 1 fully saturated rings. The van der Waals surface area contributed by atoms with Crippen LogP contribution in [-0.4, -0.2) is 5.78 Å². The number of hydrogen-bond acceptors (Lipinski definition) is 2. The van der Waals surface area contributed by atoms with E-state index in [9.17, 15) is 4.79 Å². The molecular formula is C8H11NO. The van der Waals surface area contributed by atoms with Crippen LogP contribution in [0.25, 0.3) is 0 Å². The maximum absolute atomic E-state index is 11.1. The first-order valence-corrected chi connectivity index (χ1v) is 3.69. The Labute approximate surface area is 60.8 Å². The third-order valence-electron chi connectivity index (χ3n) is 2.13. The van der Waals surface area contributed by atoms with Gasteiger partial charge in [-0.15, -0.1) is 0 Å². The van der Waals surface area contributed by atoms with Gasteiger partial charge < -0.3 is 0 Å². The average molecular weight is 137 g/mol. The molecule has 1 aliphatic carbocycles. The van der Waals surface area contributed by atoms with Gasteiger partial charge in [0.1, 0.15) is 5.92 Å². The van der Waals surface area contributed by atoms with E-state index in [0.717, 1.165) is 19.3 Å². The molecule has 1 atom stereocenters. The molecule has 1 saturated carbocycles. The first-order chi connectivity index (χ1) is 4.75. The predicted octanol–water partition coefficient (Wildman–Crippen LogP) is 1.52. The molecule has 54 valence electrons. The van der Waals surface area contributed by atoms with Crippen LogP contribution in [0.4, 0.5) is 0 Å². The SMILES string of the molecule is CC(C#N)C(=O)C1CCC1. The summed E-state index contributed by atoms with van der Waals surface area (Å²) >= 11 is 0. The molecule has 0 aliphatic heterocycles. The maximum atomic E-state index is 11.1. The van der Waals surface area contributed by atoms with Crippen molar-refractivity contribution in [3.05, 3.63) is 0 Å². The lowest BCUT2D eigenvalue weighted by atomic mass is 9.79. The Morgan fingerprint density at radius 3 is 2.60 bits per heavy atom.